The molecule has 0 atom stereocenters. The molecule has 0 spiro atoms. The lowest BCUT2D eigenvalue weighted by Crippen LogP contribution is -2.23. The Kier molecular flexibility index (Phi) is 3.81. The first kappa shape index (κ1) is 13.5. The highest BCUT2D eigenvalue weighted by Gasteiger charge is 2.10. The highest BCUT2D eigenvalue weighted by Crippen LogP contribution is 2.18. The van der Waals surface area contributed by atoms with Crippen molar-refractivity contribution in [2.75, 3.05) is 0 Å². The van der Waals surface area contributed by atoms with E-state index in [1.165, 1.54) is 16.7 Å². The van der Waals surface area contributed by atoms with Gasteiger partial charge in [-0.25, -0.2) is 4.39 Å². The van der Waals surface area contributed by atoms with Crippen molar-refractivity contribution in [2.24, 2.45) is 7.05 Å². The third-order valence-electron chi connectivity index (χ3n) is 2.85. The van der Waals surface area contributed by atoms with Gasteiger partial charge in [0.1, 0.15) is 5.82 Å². The summed E-state index contributed by atoms with van der Waals surface area (Å²) >= 11 is 5.28. The summed E-state index contributed by atoms with van der Waals surface area (Å²) < 4.78 is 14.3. The number of nitrogens with zero attached hydrogens (tertiary/aromatic N) is 1. The largest absolute Gasteiger partial charge is 0.311 e. The van der Waals surface area contributed by atoms with Crippen molar-refractivity contribution in [3.63, 3.8) is 0 Å². The van der Waals surface area contributed by atoms with Crippen LogP contribution in [0.15, 0.2) is 41.2 Å². The van der Waals surface area contributed by atoms with Crippen molar-refractivity contribution in [3.05, 3.63) is 58.1 Å². The summed E-state index contributed by atoms with van der Waals surface area (Å²) in [6, 6.07) is 9.13. The average molecular weight is 280 g/mol. The van der Waals surface area contributed by atoms with Crippen molar-refractivity contribution < 1.29 is 9.18 Å². The highest BCUT2D eigenvalue weighted by atomic mass is 35.5. The average Bonchev–Trinajstić information content (AvgIpc) is 2.36. The topological polar surface area (TPSA) is 39.1 Å². The van der Waals surface area contributed by atoms with Crippen LogP contribution in [0.5, 0.6) is 0 Å². The number of hydrogen-bond acceptors (Lipinski definition) is 2. The second-order valence-corrected chi connectivity index (χ2v) is 4.57. The number of benzene rings is 1. The molecule has 3 nitrogen and oxygen atoms in total. The van der Waals surface area contributed by atoms with Gasteiger partial charge in [0.15, 0.2) is 0 Å². The summed E-state index contributed by atoms with van der Waals surface area (Å²) in [6.45, 7) is 0. The summed E-state index contributed by atoms with van der Waals surface area (Å²) in [7, 11) is 1.60. The SMILES string of the molecule is Cn1c(-c2ccc(F)cc2)ccc(CC(=O)Cl)c1=O. The van der Waals surface area contributed by atoms with Gasteiger partial charge in [0.05, 0.1) is 12.1 Å². The molecule has 1 aromatic heterocycles. The first-order valence-corrected chi connectivity index (χ1v) is 6.00. The number of hydrogen-bond donors (Lipinski definition) is 0. The first-order chi connectivity index (χ1) is 8.99. The zero-order valence-corrected chi connectivity index (χ0v) is 10.9. The van der Waals surface area contributed by atoms with E-state index < -0.39 is 5.24 Å². The first-order valence-electron chi connectivity index (χ1n) is 5.62. The minimum Gasteiger partial charge on any atom is -0.311 e. The molecule has 1 aromatic carbocycles. The number of aromatic nitrogens is 1. The van der Waals surface area contributed by atoms with E-state index in [1.54, 1.807) is 31.3 Å². The molecule has 2 rings (SSSR count). The molecule has 0 aliphatic heterocycles. The fraction of sp³-hybridized carbons (Fsp3) is 0.143. The Hall–Kier alpha value is -1.94. The molecule has 0 aliphatic rings. The Morgan fingerprint density at radius 1 is 1.21 bits per heavy atom. The molecule has 0 saturated heterocycles. The molecule has 0 fully saturated rings. The molecule has 2 aromatic rings. The quantitative estimate of drug-likeness (QED) is 0.810. The van der Waals surface area contributed by atoms with Gasteiger partial charge in [0.25, 0.3) is 5.56 Å². The Labute approximate surface area is 114 Å². The van der Waals surface area contributed by atoms with Gasteiger partial charge in [-0.15, -0.1) is 0 Å². The van der Waals surface area contributed by atoms with Crippen LogP contribution in [0.3, 0.4) is 0 Å². The lowest BCUT2D eigenvalue weighted by atomic mass is 10.1. The minimum atomic E-state index is -0.577. The van der Waals surface area contributed by atoms with E-state index in [0.29, 0.717) is 11.3 Å². The van der Waals surface area contributed by atoms with Crippen LogP contribution < -0.4 is 5.56 Å². The predicted octanol–water partition coefficient (Wildman–Crippen LogP) is 2.50. The van der Waals surface area contributed by atoms with Gasteiger partial charge in [-0.3, -0.25) is 9.59 Å². The van der Waals surface area contributed by atoms with Gasteiger partial charge in [-0.1, -0.05) is 6.07 Å². The van der Waals surface area contributed by atoms with E-state index in [2.05, 4.69) is 0 Å². The molecule has 0 unspecified atom stereocenters. The summed E-state index contributed by atoms with van der Waals surface area (Å²) in [6.07, 6.45) is -0.0993. The maximum atomic E-state index is 12.9. The van der Waals surface area contributed by atoms with Crippen molar-refractivity contribution in [1.82, 2.24) is 4.57 Å². The van der Waals surface area contributed by atoms with Gasteiger partial charge < -0.3 is 4.57 Å². The fourth-order valence-corrected chi connectivity index (χ4v) is 2.03. The van der Waals surface area contributed by atoms with Crippen molar-refractivity contribution in [1.29, 1.82) is 0 Å². The molecule has 5 heteroatoms. The van der Waals surface area contributed by atoms with Crippen LogP contribution in [-0.4, -0.2) is 9.81 Å². The maximum absolute atomic E-state index is 12.9. The number of halogens is 2. The van der Waals surface area contributed by atoms with Crippen LogP contribution in [0, 0.1) is 5.82 Å². The zero-order chi connectivity index (χ0) is 14.0. The molecule has 0 bridgehead atoms. The summed E-state index contributed by atoms with van der Waals surface area (Å²) in [5.74, 6) is -0.335. The van der Waals surface area contributed by atoms with Gasteiger partial charge in [-0.05, 0) is 47.5 Å². The summed E-state index contributed by atoms with van der Waals surface area (Å²) in [5, 5.41) is -0.577. The van der Waals surface area contributed by atoms with Crippen molar-refractivity contribution in [2.45, 2.75) is 6.42 Å². The molecule has 0 aliphatic carbocycles. The molecule has 0 amide bonds. The Morgan fingerprint density at radius 3 is 2.42 bits per heavy atom. The number of carbonyl (C=O) groups excluding carboxylic acids is 1. The maximum Gasteiger partial charge on any atom is 0.254 e. The van der Waals surface area contributed by atoms with Gasteiger partial charge in [-0.2, -0.15) is 0 Å². The lowest BCUT2D eigenvalue weighted by molar-refractivity contribution is -0.111. The van der Waals surface area contributed by atoms with Crippen LogP contribution in [-0.2, 0) is 18.3 Å². The second-order valence-electron chi connectivity index (χ2n) is 4.15. The minimum absolute atomic E-state index is 0.0993. The van der Waals surface area contributed by atoms with Crippen LogP contribution in [0.25, 0.3) is 11.3 Å². The van der Waals surface area contributed by atoms with Gasteiger partial charge in [0.2, 0.25) is 5.24 Å². The smallest absolute Gasteiger partial charge is 0.254 e. The second kappa shape index (κ2) is 5.36. The van der Waals surface area contributed by atoms with E-state index in [-0.39, 0.29) is 17.8 Å². The molecule has 0 N–H and O–H groups in total. The predicted molar refractivity (Wildman–Crippen MR) is 71.6 cm³/mol. The summed E-state index contributed by atoms with van der Waals surface area (Å²) in [4.78, 5) is 22.9. The molecule has 19 heavy (non-hydrogen) atoms. The lowest BCUT2D eigenvalue weighted by Gasteiger charge is -2.09. The van der Waals surface area contributed by atoms with E-state index in [1.807, 2.05) is 0 Å². The molecular weight excluding hydrogens is 269 g/mol. The van der Waals surface area contributed by atoms with E-state index in [4.69, 9.17) is 11.6 Å². The number of rotatable bonds is 3. The molecule has 98 valence electrons. The third-order valence-corrected chi connectivity index (χ3v) is 2.99. The van der Waals surface area contributed by atoms with E-state index in [9.17, 15) is 14.0 Å². The highest BCUT2D eigenvalue weighted by molar-refractivity contribution is 6.63. The Morgan fingerprint density at radius 2 is 1.84 bits per heavy atom. The monoisotopic (exact) mass is 279 g/mol. The van der Waals surface area contributed by atoms with Crippen LogP contribution >= 0.6 is 11.6 Å². The Balaban J connectivity index is 2.49. The van der Waals surface area contributed by atoms with Crippen molar-refractivity contribution >= 4 is 16.8 Å². The Bertz CT molecular complexity index is 677. The van der Waals surface area contributed by atoms with Crippen LogP contribution in [0.4, 0.5) is 4.39 Å². The molecule has 0 saturated carbocycles. The van der Waals surface area contributed by atoms with E-state index >= 15 is 0 Å². The summed E-state index contributed by atoms with van der Waals surface area (Å²) in [5.41, 5.74) is 1.43. The molecular formula is C14H11ClFNO2. The number of carbonyl (C=O) groups is 1. The number of pyridine rings is 1. The molecule has 0 radical (unpaired) electrons. The zero-order valence-electron chi connectivity index (χ0n) is 10.2. The van der Waals surface area contributed by atoms with Crippen LogP contribution in [0.1, 0.15) is 5.56 Å². The normalized spacial score (nSPS) is 10.5. The third kappa shape index (κ3) is 2.90. The fourth-order valence-electron chi connectivity index (χ4n) is 1.88. The van der Waals surface area contributed by atoms with E-state index in [0.717, 1.165) is 5.56 Å². The van der Waals surface area contributed by atoms with Crippen molar-refractivity contribution in [3.8, 4) is 11.3 Å². The standard InChI is InChI=1S/C14H11ClFNO2/c1-17-12(9-2-5-11(16)6-3-9)7-4-10(14(17)19)8-13(15)18/h2-7H,8H2,1H3. The van der Waals surface area contributed by atoms with Gasteiger partial charge >= 0.3 is 0 Å². The van der Waals surface area contributed by atoms with Crippen LogP contribution in [0.2, 0.25) is 0 Å². The molecule has 1 heterocycles. The van der Waals surface area contributed by atoms with Gasteiger partial charge in [0, 0.05) is 12.6 Å².